The number of ether oxygens (including phenoxy) is 1. The van der Waals surface area contributed by atoms with E-state index in [0.717, 1.165) is 17.0 Å². The minimum atomic E-state index is -0.745. The molecule has 0 aliphatic heterocycles. The van der Waals surface area contributed by atoms with Gasteiger partial charge in [-0.25, -0.2) is 0 Å². The van der Waals surface area contributed by atoms with Crippen LogP contribution in [0.15, 0.2) is 18.2 Å². The van der Waals surface area contributed by atoms with Gasteiger partial charge in [-0.2, -0.15) is 0 Å². The zero-order valence-electron chi connectivity index (χ0n) is 11.5. The zero-order chi connectivity index (χ0) is 13.8. The SMILES string of the molecule is COc1ccc(NCC(O)CO)cc1C(C)(C)C. The summed E-state index contributed by atoms with van der Waals surface area (Å²) in [5, 5.41) is 21.2. The highest BCUT2D eigenvalue weighted by molar-refractivity contribution is 5.53. The third kappa shape index (κ3) is 3.89. The molecule has 1 atom stereocenters. The summed E-state index contributed by atoms with van der Waals surface area (Å²) in [5.41, 5.74) is 2.00. The van der Waals surface area contributed by atoms with Crippen molar-refractivity contribution in [3.05, 3.63) is 23.8 Å². The molecule has 0 saturated carbocycles. The van der Waals surface area contributed by atoms with Crippen LogP contribution in [0, 0.1) is 0 Å². The Morgan fingerprint density at radius 3 is 2.50 bits per heavy atom. The summed E-state index contributed by atoms with van der Waals surface area (Å²) in [5.74, 6) is 0.857. The average molecular weight is 253 g/mol. The van der Waals surface area contributed by atoms with E-state index in [4.69, 9.17) is 9.84 Å². The Hall–Kier alpha value is -1.26. The second kappa shape index (κ2) is 6.07. The molecule has 102 valence electrons. The fourth-order valence-electron chi connectivity index (χ4n) is 1.70. The molecule has 0 aliphatic carbocycles. The maximum atomic E-state index is 9.31. The summed E-state index contributed by atoms with van der Waals surface area (Å²) in [6.45, 7) is 6.45. The van der Waals surface area contributed by atoms with Gasteiger partial charge in [-0.1, -0.05) is 20.8 Å². The molecule has 0 aliphatic rings. The van der Waals surface area contributed by atoms with Gasteiger partial charge in [0.2, 0.25) is 0 Å². The Morgan fingerprint density at radius 1 is 1.33 bits per heavy atom. The first-order valence-corrected chi connectivity index (χ1v) is 6.09. The first kappa shape index (κ1) is 14.8. The van der Waals surface area contributed by atoms with Crippen LogP contribution in [0.25, 0.3) is 0 Å². The van der Waals surface area contributed by atoms with Crippen molar-refractivity contribution in [2.24, 2.45) is 0 Å². The maximum absolute atomic E-state index is 9.31. The van der Waals surface area contributed by atoms with Gasteiger partial charge >= 0.3 is 0 Å². The predicted molar refractivity (Wildman–Crippen MR) is 73.3 cm³/mol. The topological polar surface area (TPSA) is 61.7 Å². The highest BCUT2D eigenvalue weighted by atomic mass is 16.5. The Labute approximate surface area is 109 Å². The number of hydrogen-bond acceptors (Lipinski definition) is 4. The summed E-state index contributed by atoms with van der Waals surface area (Å²) < 4.78 is 5.36. The van der Waals surface area contributed by atoms with Crippen LogP contribution in [-0.2, 0) is 5.41 Å². The Kier molecular flexibility index (Phi) is 4.99. The lowest BCUT2D eigenvalue weighted by atomic mass is 9.86. The van der Waals surface area contributed by atoms with Gasteiger partial charge in [0.25, 0.3) is 0 Å². The molecule has 0 heterocycles. The fraction of sp³-hybridized carbons (Fsp3) is 0.571. The number of aliphatic hydroxyl groups is 2. The van der Waals surface area contributed by atoms with Gasteiger partial charge < -0.3 is 20.3 Å². The Morgan fingerprint density at radius 2 is 2.00 bits per heavy atom. The van der Waals surface area contributed by atoms with Crippen LogP contribution < -0.4 is 10.1 Å². The van der Waals surface area contributed by atoms with Crippen molar-refractivity contribution in [3.63, 3.8) is 0 Å². The lowest BCUT2D eigenvalue weighted by Crippen LogP contribution is -2.23. The van der Waals surface area contributed by atoms with E-state index in [2.05, 4.69) is 26.1 Å². The third-order valence-corrected chi connectivity index (χ3v) is 2.76. The zero-order valence-corrected chi connectivity index (χ0v) is 11.5. The minimum Gasteiger partial charge on any atom is -0.496 e. The molecular weight excluding hydrogens is 230 g/mol. The highest BCUT2D eigenvalue weighted by Gasteiger charge is 2.19. The molecule has 0 saturated heterocycles. The van der Waals surface area contributed by atoms with E-state index < -0.39 is 6.10 Å². The number of aliphatic hydroxyl groups excluding tert-OH is 2. The van der Waals surface area contributed by atoms with Gasteiger partial charge in [-0.05, 0) is 23.6 Å². The van der Waals surface area contributed by atoms with Crippen molar-refractivity contribution in [2.45, 2.75) is 32.3 Å². The van der Waals surface area contributed by atoms with Crippen LogP contribution in [0.4, 0.5) is 5.69 Å². The Bertz CT molecular complexity index is 385. The molecule has 3 N–H and O–H groups in total. The molecule has 0 radical (unpaired) electrons. The quantitative estimate of drug-likeness (QED) is 0.748. The maximum Gasteiger partial charge on any atom is 0.122 e. The van der Waals surface area contributed by atoms with Crippen LogP contribution in [0.1, 0.15) is 26.3 Å². The number of hydrogen-bond donors (Lipinski definition) is 3. The Balaban J connectivity index is 2.90. The number of anilines is 1. The molecule has 4 heteroatoms. The first-order chi connectivity index (χ1) is 8.38. The second-order valence-corrected chi connectivity index (χ2v) is 5.38. The average Bonchev–Trinajstić information content (AvgIpc) is 2.34. The summed E-state index contributed by atoms with van der Waals surface area (Å²) >= 11 is 0. The van der Waals surface area contributed by atoms with E-state index in [-0.39, 0.29) is 12.0 Å². The van der Waals surface area contributed by atoms with E-state index >= 15 is 0 Å². The van der Waals surface area contributed by atoms with Crippen LogP contribution >= 0.6 is 0 Å². The van der Waals surface area contributed by atoms with Crippen molar-refractivity contribution >= 4 is 5.69 Å². The minimum absolute atomic E-state index is 0.0153. The summed E-state index contributed by atoms with van der Waals surface area (Å²) in [4.78, 5) is 0. The van der Waals surface area contributed by atoms with Gasteiger partial charge in [-0.3, -0.25) is 0 Å². The molecule has 1 unspecified atom stereocenters. The summed E-state index contributed by atoms with van der Waals surface area (Å²) in [7, 11) is 1.66. The standard InChI is InChI=1S/C14H23NO3/c1-14(2,3)12-7-10(5-6-13(12)18-4)15-8-11(17)9-16/h5-7,11,15-17H,8-9H2,1-4H3. The van der Waals surface area contributed by atoms with E-state index in [0.29, 0.717) is 6.54 Å². The van der Waals surface area contributed by atoms with Crippen molar-refractivity contribution in [2.75, 3.05) is 25.6 Å². The molecule has 1 aromatic rings. The molecule has 4 nitrogen and oxygen atoms in total. The van der Waals surface area contributed by atoms with E-state index in [1.807, 2.05) is 18.2 Å². The van der Waals surface area contributed by atoms with Gasteiger partial charge in [0, 0.05) is 17.8 Å². The molecule has 0 fully saturated rings. The van der Waals surface area contributed by atoms with Crippen molar-refractivity contribution in [1.29, 1.82) is 0 Å². The molecule has 1 rings (SSSR count). The van der Waals surface area contributed by atoms with E-state index in [1.165, 1.54) is 0 Å². The summed E-state index contributed by atoms with van der Waals surface area (Å²) in [6.07, 6.45) is -0.745. The fourth-order valence-corrected chi connectivity index (χ4v) is 1.70. The number of nitrogens with one attached hydrogen (secondary N) is 1. The number of benzene rings is 1. The molecule has 0 aromatic heterocycles. The van der Waals surface area contributed by atoms with Crippen molar-refractivity contribution in [3.8, 4) is 5.75 Å². The largest absolute Gasteiger partial charge is 0.496 e. The lowest BCUT2D eigenvalue weighted by molar-refractivity contribution is 0.105. The van der Waals surface area contributed by atoms with Crippen LogP contribution in [0.5, 0.6) is 5.75 Å². The number of methoxy groups -OCH3 is 1. The molecule has 18 heavy (non-hydrogen) atoms. The first-order valence-electron chi connectivity index (χ1n) is 6.09. The van der Waals surface area contributed by atoms with Gasteiger partial charge in [0.15, 0.2) is 0 Å². The predicted octanol–water partition coefficient (Wildman–Crippen LogP) is 1.76. The monoisotopic (exact) mass is 253 g/mol. The van der Waals surface area contributed by atoms with Gasteiger partial charge in [0.1, 0.15) is 5.75 Å². The molecule has 1 aromatic carbocycles. The lowest BCUT2D eigenvalue weighted by Gasteiger charge is -2.23. The molecule has 0 spiro atoms. The molecular formula is C14H23NO3. The number of rotatable bonds is 5. The van der Waals surface area contributed by atoms with Crippen LogP contribution in [-0.4, -0.2) is 36.6 Å². The highest BCUT2D eigenvalue weighted by Crippen LogP contribution is 2.33. The molecule has 0 amide bonds. The van der Waals surface area contributed by atoms with Crippen LogP contribution in [0.3, 0.4) is 0 Å². The van der Waals surface area contributed by atoms with Crippen molar-refractivity contribution < 1.29 is 14.9 Å². The van der Waals surface area contributed by atoms with Crippen LogP contribution in [0.2, 0.25) is 0 Å². The van der Waals surface area contributed by atoms with Gasteiger partial charge in [0.05, 0.1) is 19.8 Å². The molecule has 0 bridgehead atoms. The van der Waals surface area contributed by atoms with Crippen molar-refractivity contribution in [1.82, 2.24) is 0 Å². The normalized spacial score (nSPS) is 13.2. The summed E-state index contributed by atoms with van der Waals surface area (Å²) in [6, 6.07) is 5.83. The van der Waals surface area contributed by atoms with E-state index in [1.54, 1.807) is 7.11 Å². The third-order valence-electron chi connectivity index (χ3n) is 2.76. The second-order valence-electron chi connectivity index (χ2n) is 5.38. The smallest absolute Gasteiger partial charge is 0.122 e. The van der Waals surface area contributed by atoms with Gasteiger partial charge in [-0.15, -0.1) is 0 Å². The van der Waals surface area contributed by atoms with E-state index in [9.17, 15) is 5.11 Å².